The van der Waals surface area contributed by atoms with Crippen LogP contribution in [0, 0.1) is 17.5 Å². The summed E-state index contributed by atoms with van der Waals surface area (Å²) in [5, 5.41) is 0. The van der Waals surface area contributed by atoms with Crippen molar-refractivity contribution in [2.75, 3.05) is 20.1 Å². The minimum Gasteiger partial charge on any atom is -0.486 e. The van der Waals surface area contributed by atoms with E-state index >= 15 is 0 Å². The Morgan fingerprint density at radius 1 is 1.03 bits per heavy atom. The Labute approximate surface area is 183 Å². The minimum atomic E-state index is -0.689. The van der Waals surface area contributed by atoms with Gasteiger partial charge in [-0.3, -0.25) is 14.7 Å². The summed E-state index contributed by atoms with van der Waals surface area (Å²) >= 11 is 0. The van der Waals surface area contributed by atoms with E-state index < -0.39 is 11.6 Å². The van der Waals surface area contributed by atoms with Gasteiger partial charge in [0.1, 0.15) is 29.3 Å². The molecule has 8 heteroatoms. The van der Waals surface area contributed by atoms with Gasteiger partial charge < -0.3 is 9.64 Å². The van der Waals surface area contributed by atoms with Crippen LogP contribution in [0.25, 0.3) is 11.1 Å². The fourth-order valence-electron chi connectivity index (χ4n) is 4.41. The number of benzene rings is 2. The highest BCUT2D eigenvalue weighted by atomic mass is 19.1. The number of pyridine rings is 1. The summed E-state index contributed by atoms with van der Waals surface area (Å²) in [5.74, 6) is -1.57. The van der Waals surface area contributed by atoms with E-state index in [0.29, 0.717) is 42.1 Å². The lowest BCUT2D eigenvalue weighted by molar-refractivity contribution is 0.0682. The number of likely N-dealkylation sites (tertiary alicyclic amines) is 1. The highest BCUT2D eigenvalue weighted by Crippen LogP contribution is 2.35. The number of aromatic nitrogens is 1. The number of carbonyl (C=O) groups is 1. The fourth-order valence-corrected chi connectivity index (χ4v) is 4.41. The Morgan fingerprint density at radius 3 is 2.62 bits per heavy atom. The van der Waals surface area contributed by atoms with Gasteiger partial charge in [0, 0.05) is 50.1 Å². The second-order valence-electron chi connectivity index (χ2n) is 8.14. The predicted octanol–water partition coefficient (Wildman–Crippen LogP) is 3.88. The molecule has 0 N–H and O–H groups in total. The van der Waals surface area contributed by atoms with Crippen molar-refractivity contribution in [2.45, 2.75) is 18.7 Å². The van der Waals surface area contributed by atoms with Gasteiger partial charge in [-0.15, -0.1) is 0 Å². The van der Waals surface area contributed by atoms with E-state index in [1.165, 1.54) is 18.3 Å². The van der Waals surface area contributed by atoms with Gasteiger partial charge in [-0.2, -0.15) is 0 Å². The van der Waals surface area contributed by atoms with Crippen molar-refractivity contribution in [1.29, 1.82) is 0 Å². The van der Waals surface area contributed by atoms with Crippen LogP contribution in [0.3, 0.4) is 0 Å². The van der Waals surface area contributed by atoms with E-state index in [2.05, 4.69) is 4.98 Å². The monoisotopic (exact) mass is 439 g/mol. The molecule has 0 radical (unpaired) electrons. The largest absolute Gasteiger partial charge is 0.486 e. The molecule has 3 heterocycles. The number of nitrogens with zero attached hydrogens (tertiary/aromatic N) is 3. The van der Waals surface area contributed by atoms with Gasteiger partial charge >= 0.3 is 0 Å². The second kappa shape index (κ2) is 7.94. The van der Waals surface area contributed by atoms with Gasteiger partial charge in [0.2, 0.25) is 0 Å². The molecule has 0 spiro atoms. The van der Waals surface area contributed by atoms with Crippen LogP contribution in [0.15, 0.2) is 54.9 Å². The molecular formula is C24H20F3N3O2. The van der Waals surface area contributed by atoms with Crippen LogP contribution in [-0.2, 0) is 6.54 Å². The molecule has 2 aromatic carbocycles. The zero-order valence-electron chi connectivity index (χ0n) is 17.3. The number of carbonyl (C=O) groups excluding carboxylic acids is 1. The SMILES string of the molecule is CN1C(=O)c2ccc(-c3ccc(F)cc3F)cc2O[C@H]2CN(Cc3ccncc3F)C[C@H]21. The van der Waals surface area contributed by atoms with Crippen LogP contribution < -0.4 is 4.74 Å². The third-order valence-corrected chi connectivity index (χ3v) is 6.11. The molecule has 32 heavy (non-hydrogen) atoms. The van der Waals surface area contributed by atoms with Crippen molar-refractivity contribution >= 4 is 5.91 Å². The first-order valence-electron chi connectivity index (χ1n) is 10.2. The predicted molar refractivity (Wildman–Crippen MR) is 112 cm³/mol. The molecule has 0 saturated carbocycles. The maximum atomic E-state index is 14.3. The third-order valence-electron chi connectivity index (χ3n) is 6.11. The molecule has 2 atom stereocenters. The molecule has 0 bridgehead atoms. The number of likely N-dealkylation sites (N-methyl/N-ethyl adjacent to an activating group) is 1. The Balaban J connectivity index is 1.44. The van der Waals surface area contributed by atoms with E-state index in [1.807, 2.05) is 4.90 Å². The quantitative estimate of drug-likeness (QED) is 0.622. The lowest BCUT2D eigenvalue weighted by Crippen LogP contribution is -2.44. The van der Waals surface area contributed by atoms with E-state index in [9.17, 15) is 18.0 Å². The number of rotatable bonds is 3. The van der Waals surface area contributed by atoms with Crippen molar-refractivity contribution in [3.05, 3.63) is 83.4 Å². The molecule has 1 aromatic heterocycles. The van der Waals surface area contributed by atoms with Gasteiger partial charge in [0.05, 0.1) is 17.8 Å². The maximum absolute atomic E-state index is 14.3. The summed E-state index contributed by atoms with van der Waals surface area (Å²) in [6, 6.07) is 9.65. The molecule has 0 aliphatic carbocycles. The second-order valence-corrected chi connectivity index (χ2v) is 8.14. The Bertz CT molecular complexity index is 1200. The summed E-state index contributed by atoms with van der Waals surface area (Å²) < 4.78 is 47.9. The fraction of sp³-hybridized carbons (Fsp3) is 0.250. The maximum Gasteiger partial charge on any atom is 0.257 e. The van der Waals surface area contributed by atoms with E-state index in [-0.39, 0.29) is 29.4 Å². The highest BCUT2D eigenvalue weighted by Gasteiger charge is 2.42. The van der Waals surface area contributed by atoms with Crippen LogP contribution >= 0.6 is 0 Å². The molecule has 1 saturated heterocycles. The van der Waals surface area contributed by atoms with Crippen molar-refractivity contribution in [3.8, 4) is 16.9 Å². The molecule has 5 nitrogen and oxygen atoms in total. The van der Waals surface area contributed by atoms with Crippen LogP contribution in [0.5, 0.6) is 5.75 Å². The van der Waals surface area contributed by atoms with Crippen molar-refractivity contribution < 1.29 is 22.7 Å². The zero-order chi connectivity index (χ0) is 22.4. The summed E-state index contributed by atoms with van der Waals surface area (Å²) in [4.78, 5) is 20.6. The number of hydrogen-bond donors (Lipinski definition) is 0. The van der Waals surface area contributed by atoms with Crippen molar-refractivity contribution in [1.82, 2.24) is 14.8 Å². The van der Waals surface area contributed by atoms with Gasteiger partial charge in [0.25, 0.3) is 5.91 Å². The molecule has 1 fully saturated rings. The average Bonchev–Trinajstić information content (AvgIpc) is 3.12. The smallest absolute Gasteiger partial charge is 0.257 e. The number of halogens is 3. The normalized spacial score (nSPS) is 20.5. The van der Waals surface area contributed by atoms with Crippen LogP contribution in [0.1, 0.15) is 15.9 Å². The zero-order valence-corrected chi connectivity index (χ0v) is 17.3. The highest BCUT2D eigenvalue weighted by molar-refractivity contribution is 5.98. The molecule has 3 aromatic rings. The van der Waals surface area contributed by atoms with Gasteiger partial charge in [-0.05, 0) is 35.9 Å². The molecule has 164 valence electrons. The number of hydrogen-bond acceptors (Lipinski definition) is 4. The standard InChI is InChI=1S/C24H20F3N3O2/c1-29-21-12-30(11-15-6-7-28-10-20(15)27)13-23(21)32-22-8-14(2-4-18(22)24(29)31)17-5-3-16(25)9-19(17)26/h2-10,21,23H,11-13H2,1H3/t21-,23+/m1/s1. The molecular weight excluding hydrogens is 419 g/mol. The van der Waals surface area contributed by atoms with Gasteiger partial charge in [-0.1, -0.05) is 6.07 Å². The van der Waals surface area contributed by atoms with Crippen molar-refractivity contribution in [2.24, 2.45) is 0 Å². The summed E-state index contributed by atoms with van der Waals surface area (Å²) in [7, 11) is 1.72. The topological polar surface area (TPSA) is 45.7 Å². The number of ether oxygens (including phenoxy) is 1. The lowest BCUT2D eigenvalue weighted by atomic mass is 10.0. The first-order valence-corrected chi connectivity index (χ1v) is 10.2. The summed E-state index contributed by atoms with van der Waals surface area (Å²) in [6.07, 6.45) is 2.40. The first kappa shape index (κ1) is 20.5. The van der Waals surface area contributed by atoms with Gasteiger partial charge in [-0.25, -0.2) is 13.2 Å². The van der Waals surface area contributed by atoms with E-state index in [1.54, 1.807) is 42.4 Å². The third kappa shape index (κ3) is 3.60. The molecule has 1 amide bonds. The summed E-state index contributed by atoms with van der Waals surface area (Å²) in [6.45, 7) is 1.40. The molecule has 0 unspecified atom stereocenters. The lowest BCUT2D eigenvalue weighted by Gasteiger charge is -2.25. The van der Waals surface area contributed by atoms with Crippen molar-refractivity contribution in [3.63, 3.8) is 0 Å². The first-order chi connectivity index (χ1) is 15.4. The van der Waals surface area contributed by atoms with Gasteiger partial charge in [0.15, 0.2) is 0 Å². The van der Waals surface area contributed by atoms with Crippen LogP contribution in [-0.4, -0.2) is 53.0 Å². The molecule has 5 rings (SSSR count). The van der Waals surface area contributed by atoms with Crippen LogP contribution in [0.2, 0.25) is 0 Å². The number of amides is 1. The minimum absolute atomic E-state index is 0.199. The van der Waals surface area contributed by atoms with E-state index in [4.69, 9.17) is 4.74 Å². The average molecular weight is 439 g/mol. The van der Waals surface area contributed by atoms with E-state index in [0.717, 1.165) is 6.07 Å². The Kier molecular flexibility index (Phi) is 5.09. The Hall–Kier alpha value is -3.39. The molecule has 2 aliphatic heterocycles. The Morgan fingerprint density at radius 2 is 1.84 bits per heavy atom. The summed E-state index contributed by atoms with van der Waals surface area (Å²) in [5.41, 5.74) is 1.63. The van der Waals surface area contributed by atoms with Crippen LogP contribution in [0.4, 0.5) is 13.2 Å². The number of fused-ring (bicyclic) bond motifs is 2. The molecule has 2 aliphatic rings.